The van der Waals surface area contributed by atoms with E-state index in [-0.39, 0.29) is 19.0 Å². The van der Waals surface area contributed by atoms with Gasteiger partial charge in [0.25, 0.3) is 0 Å². The number of aromatic nitrogens is 1. The van der Waals surface area contributed by atoms with E-state index in [9.17, 15) is 9.59 Å². The summed E-state index contributed by atoms with van der Waals surface area (Å²) in [6, 6.07) is 8.69. The zero-order chi connectivity index (χ0) is 23.8. The zero-order valence-corrected chi connectivity index (χ0v) is 19.3. The van der Waals surface area contributed by atoms with Crippen molar-refractivity contribution in [2.75, 3.05) is 49.6 Å². The van der Waals surface area contributed by atoms with E-state index in [1.54, 1.807) is 24.5 Å². The molecule has 10 heteroatoms. The van der Waals surface area contributed by atoms with Crippen LogP contribution in [0.4, 0.5) is 20.6 Å². The third-order valence-electron chi connectivity index (χ3n) is 5.50. The Bertz CT molecular complexity index is 945. The van der Waals surface area contributed by atoms with Crippen LogP contribution in [0.2, 0.25) is 0 Å². The predicted molar refractivity (Wildman–Crippen MR) is 124 cm³/mol. The normalized spacial score (nSPS) is 15.6. The molecule has 178 valence electrons. The van der Waals surface area contributed by atoms with Crippen molar-refractivity contribution >= 4 is 23.4 Å². The molecule has 9 nitrogen and oxygen atoms in total. The van der Waals surface area contributed by atoms with Gasteiger partial charge in [-0.2, -0.15) is 0 Å². The molecule has 0 saturated carbocycles. The molecule has 0 bridgehead atoms. The first-order valence-electron chi connectivity index (χ1n) is 11.0. The summed E-state index contributed by atoms with van der Waals surface area (Å²) in [5.41, 5.74) is 5.21. The molecule has 1 aliphatic heterocycles. The van der Waals surface area contributed by atoms with Crippen molar-refractivity contribution in [3.63, 3.8) is 0 Å². The van der Waals surface area contributed by atoms with Crippen LogP contribution in [0.5, 0.6) is 0 Å². The lowest BCUT2D eigenvalue weighted by Crippen LogP contribution is -2.41. The summed E-state index contributed by atoms with van der Waals surface area (Å²) in [6.45, 7) is 6.48. The summed E-state index contributed by atoms with van der Waals surface area (Å²) in [7, 11) is 1.86. The molecule has 1 aromatic carbocycles. The van der Waals surface area contributed by atoms with Gasteiger partial charge in [-0.15, -0.1) is 0 Å². The van der Waals surface area contributed by atoms with E-state index in [4.69, 9.17) is 4.74 Å². The molecular weight excluding hydrogens is 427 g/mol. The first-order valence-corrected chi connectivity index (χ1v) is 11.0. The second-order valence-electron chi connectivity index (χ2n) is 7.77. The summed E-state index contributed by atoms with van der Waals surface area (Å²) in [6.07, 6.45) is 2.50. The van der Waals surface area contributed by atoms with Crippen molar-refractivity contribution in [1.29, 1.82) is 0 Å². The van der Waals surface area contributed by atoms with Gasteiger partial charge in [0.2, 0.25) is 5.91 Å². The fourth-order valence-corrected chi connectivity index (χ4v) is 3.69. The monoisotopic (exact) mass is 458 g/mol. The quantitative estimate of drug-likeness (QED) is 0.499. The highest BCUT2D eigenvalue weighted by Crippen LogP contribution is 2.28. The van der Waals surface area contributed by atoms with Crippen LogP contribution in [0.3, 0.4) is 0 Å². The van der Waals surface area contributed by atoms with E-state index < -0.39 is 18.0 Å². The number of pyridine rings is 1. The lowest BCUT2D eigenvalue weighted by Gasteiger charge is -2.28. The van der Waals surface area contributed by atoms with Gasteiger partial charge >= 0.3 is 6.09 Å². The third-order valence-corrected chi connectivity index (χ3v) is 5.50. The Labute approximate surface area is 193 Å². The highest BCUT2D eigenvalue weighted by atomic mass is 19.1. The van der Waals surface area contributed by atoms with Crippen LogP contribution < -0.4 is 20.5 Å². The summed E-state index contributed by atoms with van der Waals surface area (Å²) in [5, 5.41) is 4.69. The van der Waals surface area contributed by atoms with Crippen LogP contribution in [0.25, 0.3) is 0 Å². The van der Waals surface area contributed by atoms with Gasteiger partial charge in [-0.3, -0.25) is 20.1 Å². The summed E-state index contributed by atoms with van der Waals surface area (Å²) >= 11 is 0. The molecule has 2 aromatic rings. The average Bonchev–Trinajstić information content (AvgIpc) is 3.19. The van der Waals surface area contributed by atoms with Gasteiger partial charge in [0.15, 0.2) is 0 Å². The molecule has 0 radical (unpaired) electrons. The lowest BCUT2D eigenvalue weighted by molar-refractivity contribution is -0.119. The van der Waals surface area contributed by atoms with E-state index >= 15 is 4.39 Å². The van der Waals surface area contributed by atoms with E-state index in [0.29, 0.717) is 37.6 Å². The Morgan fingerprint density at radius 3 is 2.67 bits per heavy atom. The minimum atomic E-state index is -0.550. The van der Waals surface area contributed by atoms with Crippen molar-refractivity contribution in [1.82, 2.24) is 20.7 Å². The Hall–Kier alpha value is -3.24. The fraction of sp³-hybridized carbons (Fsp3) is 0.435. The van der Waals surface area contributed by atoms with Gasteiger partial charge in [0.05, 0.1) is 24.5 Å². The first kappa shape index (κ1) is 24.4. The number of carbonyl (C=O) groups excluding carboxylic acids is 2. The van der Waals surface area contributed by atoms with Crippen LogP contribution in [0.15, 0.2) is 42.7 Å². The largest absolute Gasteiger partial charge is 0.442 e. The second-order valence-corrected chi connectivity index (χ2v) is 7.77. The highest BCUT2D eigenvalue weighted by molar-refractivity contribution is 5.90. The third kappa shape index (κ3) is 6.62. The second kappa shape index (κ2) is 11.6. The zero-order valence-electron chi connectivity index (χ0n) is 19.3. The topological polar surface area (TPSA) is 90.0 Å². The molecule has 1 aliphatic rings. The average molecular weight is 459 g/mol. The van der Waals surface area contributed by atoms with Crippen LogP contribution in [0, 0.1) is 5.82 Å². The van der Waals surface area contributed by atoms with Gasteiger partial charge in [-0.25, -0.2) is 14.2 Å². The number of carbonyl (C=O) groups is 2. The predicted octanol–water partition coefficient (Wildman–Crippen LogP) is 2.14. The smallest absolute Gasteiger partial charge is 0.414 e. The Balaban J connectivity index is 1.62. The number of hydrazine groups is 1. The van der Waals surface area contributed by atoms with Crippen molar-refractivity contribution in [3.05, 3.63) is 54.1 Å². The molecule has 1 fully saturated rings. The summed E-state index contributed by atoms with van der Waals surface area (Å²) in [4.78, 5) is 30.7. The highest BCUT2D eigenvalue weighted by Gasteiger charge is 2.32. The first-order chi connectivity index (χ1) is 15.9. The van der Waals surface area contributed by atoms with Gasteiger partial charge < -0.3 is 15.0 Å². The number of rotatable bonds is 11. The van der Waals surface area contributed by atoms with Crippen molar-refractivity contribution < 1.29 is 18.7 Å². The Kier molecular flexibility index (Phi) is 8.56. The van der Waals surface area contributed by atoms with Crippen LogP contribution in [0.1, 0.15) is 19.4 Å². The number of cyclic esters (lactones) is 1. The SMILES string of the molecule is CCN(CCN(Cc1ccncc1)NC)c1ccc(N2C[C@H](CNC(C)=O)OC2=O)cc1F. The Morgan fingerprint density at radius 2 is 2.03 bits per heavy atom. The molecule has 2 heterocycles. The number of benzene rings is 1. The summed E-state index contributed by atoms with van der Waals surface area (Å²) < 4.78 is 20.3. The molecule has 1 saturated heterocycles. The molecule has 2 N–H and O–H groups in total. The number of nitrogens with one attached hydrogen (secondary N) is 2. The maximum atomic E-state index is 15.1. The van der Waals surface area contributed by atoms with E-state index in [1.165, 1.54) is 17.9 Å². The van der Waals surface area contributed by atoms with E-state index in [2.05, 4.69) is 20.7 Å². The van der Waals surface area contributed by atoms with Gasteiger partial charge in [0.1, 0.15) is 11.9 Å². The standard InChI is InChI=1S/C23H31FN6O3/c1-4-28(11-12-29(25-3)15-18-7-9-26-10-8-18)22-6-5-19(13-21(22)24)30-16-20(33-23(30)32)14-27-17(2)31/h5-10,13,20,25H,4,11-12,14-16H2,1-3H3,(H,27,31)/t20-/m0/s1. The molecule has 3 rings (SSSR count). The molecule has 0 aliphatic carbocycles. The van der Waals surface area contributed by atoms with Gasteiger partial charge in [-0.05, 0) is 49.9 Å². The number of hydrogen-bond donors (Lipinski definition) is 2. The molecule has 1 atom stereocenters. The number of hydrogen-bond acceptors (Lipinski definition) is 7. The number of anilines is 2. The minimum Gasteiger partial charge on any atom is -0.442 e. The molecule has 0 unspecified atom stereocenters. The number of ether oxygens (including phenoxy) is 1. The molecule has 1 aromatic heterocycles. The van der Waals surface area contributed by atoms with Gasteiger partial charge in [0, 0.05) is 45.5 Å². The fourth-order valence-electron chi connectivity index (χ4n) is 3.69. The van der Waals surface area contributed by atoms with Gasteiger partial charge in [-0.1, -0.05) is 0 Å². The minimum absolute atomic E-state index is 0.197. The molecule has 0 spiro atoms. The Morgan fingerprint density at radius 1 is 1.27 bits per heavy atom. The van der Waals surface area contributed by atoms with E-state index in [1.807, 2.05) is 31.0 Å². The van der Waals surface area contributed by atoms with E-state index in [0.717, 1.165) is 5.56 Å². The molecule has 33 heavy (non-hydrogen) atoms. The number of nitrogens with zero attached hydrogens (tertiary/aromatic N) is 4. The molecule has 2 amide bonds. The van der Waals surface area contributed by atoms with Crippen LogP contribution >= 0.6 is 0 Å². The summed E-state index contributed by atoms with van der Waals surface area (Å²) in [5.74, 6) is -0.602. The number of amides is 2. The van der Waals surface area contributed by atoms with Crippen molar-refractivity contribution in [2.24, 2.45) is 0 Å². The van der Waals surface area contributed by atoms with Crippen LogP contribution in [-0.2, 0) is 16.1 Å². The lowest BCUT2D eigenvalue weighted by atomic mass is 10.2. The van der Waals surface area contributed by atoms with Crippen molar-refractivity contribution in [3.8, 4) is 0 Å². The number of halogens is 1. The maximum Gasteiger partial charge on any atom is 0.414 e. The van der Waals surface area contributed by atoms with Crippen molar-refractivity contribution in [2.45, 2.75) is 26.5 Å². The number of likely N-dealkylation sites (N-methyl/N-ethyl adjacent to an activating group) is 1. The maximum absolute atomic E-state index is 15.1. The van der Waals surface area contributed by atoms with Crippen LogP contribution in [-0.4, -0.2) is 67.9 Å². The molecular formula is C23H31FN6O3.